The quantitative estimate of drug-likeness (QED) is 0.778. The molecule has 0 heterocycles. The second-order valence-electron chi connectivity index (χ2n) is 8.72. The second-order valence-corrected chi connectivity index (χ2v) is 8.72. The number of hydrogen-bond acceptors (Lipinski definition) is 1. The zero-order chi connectivity index (χ0) is 15.7. The highest BCUT2D eigenvalue weighted by molar-refractivity contribution is 5.35. The maximum absolute atomic E-state index is 3.84. The molecule has 1 N–H and O–H groups in total. The van der Waals surface area contributed by atoms with Gasteiger partial charge >= 0.3 is 0 Å². The average Bonchev–Trinajstić information content (AvgIpc) is 2.34. The topological polar surface area (TPSA) is 12.0 Å². The zero-order valence-electron chi connectivity index (χ0n) is 14.8. The van der Waals surface area contributed by atoms with Gasteiger partial charge in [0.1, 0.15) is 0 Å². The zero-order valence-corrected chi connectivity index (χ0v) is 14.8. The fourth-order valence-electron chi connectivity index (χ4n) is 4.07. The Bertz CT molecular complexity index is 479. The van der Waals surface area contributed by atoms with E-state index in [1.807, 2.05) is 0 Å². The van der Waals surface area contributed by atoms with Gasteiger partial charge in [0.25, 0.3) is 0 Å². The summed E-state index contributed by atoms with van der Waals surface area (Å²) in [6.45, 7) is 13.9. The molecule has 1 aromatic rings. The van der Waals surface area contributed by atoms with Crippen LogP contribution in [0.2, 0.25) is 0 Å². The molecule has 0 spiro atoms. The van der Waals surface area contributed by atoms with Crippen LogP contribution >= 0.6 is 0 Å². The predicted molar refractivity (Wildman–Crippen MR) is 92.8 cm³/mol. The van der Waals surface area contributed by atoms with Crippen molar-refractivity contribution < 1.29 is 0 Å². The molecule has 0 aromatic heterocycles. The summed E-state index contributed by atoms with van der Waals surface area (Å²) in [6, 6.07) is 7.54. The molecule has 1 heteroatoms. The number of nitrogens with one attached hydrogen (secondary N) is 1. The van der Waals surface area contributed by atoms with Gasteiger partial charge in [-0.05, 0) is 75.0 Å². The Labute approximate surface area is 131 Å². The first-order chi connectivity index (χ1) is 9.66. The van der Waals surface area contributed by atoms with E-state index in [9.17, 15) is 0 Å². The molecule has 1 aliphatic carbocycles. The van der Waals surface area contributed by atoms with Crippen LogP contribution in [0.25, 0.3) is 0 Å². The molecule has 1 unspecified atom stereocenters. The molecule has 0 radical (unpaired) electrons. The van der Waals surface area contributed by atoms with Crippen LogP contribution in [0.5, 0.6) is 0 Å². The minimum Gasteiger partial charge on any atom is -0.305 e. The Balaban J connectivity index is 2.08. The van der Waals surface area contributed by atoms with Gasteiger partial charge in [-0.15, -0.1) is 0 Å². The summed E-state index contributed by atoms with van der Waals surface area (Å²) in [4.78, 5) is 0. The van der Waals surface area contributed by atoms with Crippen LogP contribution in [0.3, 0.4) is 0 Å². The lowest BCUT2D eigenvalue weighted by Gasteiger charge is -2.36. The standard InChI is InChI=1S/C20H33N/c1-15(21-20(5,6)14-19(2,3)4)17-12-11-16-9-7-8-10-18(16)13-17/h11-13,15,21H,7-10,14H2,1-6H3. The molecule has 0 amide bonds. The third-order valence-electron chi connectivity index (χ3n) is 4.45. The van der Waals surface area contributed by atoms with Crippen molar-refractivity contribution in [3.05, 3.63) is 34.9 Å². The van der Waals surface area contributed by atoms with Crippen LogP contribution in [0, 0.1) is 5.41 Å². The predicted octanol–water partition coefficient (Wildman–Crippen LogP) is 5.43. The maximum Gasteiger partial charge on any atom is 0.0296 e. The fraction of sp³-hybridized carbons (Fsp3) is 0.700. The van der Waals surface area contributed by atoms with Gasteiger partial charge in [0.05, 0.1) is 0 Å². The summed E-state index contributed by atoms with van der Waals surface area (Å²) in [5.74, 6) is 0. The van der Waals surface area contributed by atoms with Crippen LogP contribution in [0.15, 0.2) is 18.2 Å². The highest BCUT2D eigenvalue weighted by atomic mass is 15.0. The molecule has 1 aliphatic rings. The fourth-order valence-corrected chi connectivity index (χ4v) is 4.07. The number of aryl methyl sites for hydroxylation is 2. The van der Waals surface area contributed by atoms with E-state index in [0.29, 0.717) is 11.5 Å². The third-order valence-corrected chi connectivity index (χ3v) is 4.45. The summed E-state index contributed by atoms with van der Waals surface area (Å²) in [5.41, 5.74) is 5.12. The van der Waals surface area contributed by atoms with Crippen LogP contribution in [-0.2, 0) is 12.8 Å². The van der Waals surface area contributed by atoms with Crippen molar-refractivity contribution in [1.29, 1.82) is 0 Å². The lowest BCUT2D eigenvalue weighted by Crippen LogP contribution is -2.43. The highest BCUT2D eigenvalue weighted by Gasteiger charge is 2.27. The summed E-state index contributed by atoms with van der Waals surface area (Å²) >= 11 is 0. The van der Waals surface area contributed by atoms with Gasteiger partial charge in [0.2, 0.25) is 0 Å². The Kier molecular flexibility index (Phi) is 4.82. The molecule has 0 saturated carbocycles. The van der Waals surface area contributed by atoms with Crippen molar-refractivity contribution in [1.82, 2.24) is 5.32 Å². The van der Waals surface area contributed by atoms with Gasteiger partial charge in [-0.3, -0.25) is 0 Å². The molecule has 1 nitrogen and oxygen atoms in total. The first-order valence-corrected chi connectivity index (χ1v) is 8.56. The number of rotatable bonds is 4. The SMILES string of the molecule is CC(NC(C)(C)CC(C)(C)C)c1ccc2c(c1)CCCC2. The molecule has 0 saturated heterocycles. The molecular weight excluding hydrogens is 254 g/mol. The van der Waals surface area contributed by atoms with E-state index >= 15 is 0 Å². The van der Waals surface area contributed by atoms with E-state index in [1.165, 1.54) is 37.7 Å². The van der Waals surface area contributed by atoms with Crippen molar-refractivity contribution in [2.75, 3.05) is 0 Å². The summed E-state index contributed by atoms with van der Waals surface area (Å²) in [5, 5.41) is 3.84. The average molecular weight is 287 g/mol. The summed E-state index contributed by atoms with van der Waals surface area (Å²) in [6.07, 6.45) is 6.43. The van der Waals surface area contributed by atoms with Crippen molar-refractivity contribution in [3.63, 3.8) is 0 Å². The molecule has 0 bridgehead atoms. The molecule has 21 heavy (non-hydrogen) atoms. The Morgan fingerprint density at radius 2 is 1.62 bits per heavy atom. The third kappa shape index (κ3) is 4.85. The largest absolute Gasteiger partial charge is 0.305 e. The van der Waals surface area contributed by atoms with Crippen molar-refractivity contribution in [3.8, 4) is 0 Å². The van der Waals surface area contributed by atoms with Crippen LogP contribution < -0.4 is 5.32 Å². The molecular formula is C20H33N. The highest BCUT2D eigenvalue weighted by Crippen LogP contribution is 2.30. The van der Waals surface area contributed by atoms with E-state index in [-0.39, 0.29) is 5.54 Å². The minimum atomic E-state index is 0.160. The van der Waals surface area contributed by atoms with Crippen LogP contribution in [0.1, 0.15) is 83.5 Å². The summed E-state index contributed by atoms with van der Waals surface area (Å²) in [7, 11) is 0. The number of hydrogen-bond donors (Lipinski definition) is 1. The van der Waals surface area contributed by atoms with E-state index in [2.05, 4.69) is 65.1 Å². The van der Waals surface area contributed by atoms with E-state index in [0.717, 1.165) is 0 Å². The molecule has 0 aliphatic heterocycles. The van der Waals surface area contributed by atoms with E-state index in [1.54, 1.807) is 11.1 Å². The normalized spacial score (nSPS) is 17.4. The number of fused-ring (bicyclic) bond motifs is 1. The Morgan fingerprint density at radius 3 is 2.24 bits per heavy atom. The first-order valence-electron chi connectivity index (χ1n) is 8.56. The van der Waals surface area contributed by atoms with Gasteiger partial charge in [-0.2, -0.15) is 0 Å². The smallest absolute Gasteiger partial charge is 0.0296 e. The number of benzene rings is 1. The first kappa shape index (κ1) is 16.5. The van der Waals surface area contributed by atoms with Crippen molar-refractivity contribution >= 4 is 0 Å². The maximum atomic E-state index is 3.84. The molecule has 1 atom stereocenters. The van der Waals surface area contributed by atoms with Crippen molar-refractivity contribution in [2.45, 2.75) is 85.2 Å². The second kappa shape index (κ2) is 6.12. The monoisotopic (exact) mass is 287 g/mol. The molecule has 0 fully saturated rings. The van der Waals surface area contributed by atoms with Crippen molar-refractivity contribution in [2.24, 2.45) is 5.41 Å². The van der Waals surface area contributed by atoms with Gasteiger partial charge in [0, 0.05) is 11.6 Å². The van der Waals surface area contributed by atoms with Crippen LogP contribution in [-0.4, -0.2) is 5.54 Å². The summed E-state index contributed by atoms with van der Waals surface area (Å²) < 4.78 is 0. The minimum absolute atomic E-state index is 0.160. The molecule has 2 rings (SSSR count). The van der Waals surface area contributed by atoms with Gasteiger partial charge in [-0.1, -0.05) is 39.0 Å². The van der Waals surface area contributed by atoms with E-state index in [4.69, 9.17) is 0 Å². The lowest BCUT2D eigenvalue weighted by atomic mass is 9.81. The Morgan fingerprint density at radius 1 is 1.00 bits per heavy atom. The molecule has 1 aromatic carbocycles. The Hall–Kier alpha value is -0.820. The lowest BCUT2D eigenvalue weighted by molar-refractivity contribution is 0.227. The van der Waals surface area contributed by atoms with Gasteiger partial charge in [-0.25, -0.2) is 0 Å². The molecule has 118 valence electrons. The van der Waals surface area contributed by atoms with Gasteiger partial charge < -0.3 is 5.32 Å². The van der Waals surface area contributed by atoms with E-state index < -0.39 is 0 Å². The van der Waals surface area contributed by atoms with Crippen LogP contribution in [0.4, 0.5) is 0 Å². The van der Waals surface area contributed by atoms with Gasteiger partial charge in [0.15, 0.2) is 0 Å².